The third-order valence-corrected chi connectivity index (χ3v) is 5.01. The number of likely N-dealkylation sites (tertiary alicyclic amines) is 1. The zero-order valence-electron chi connectivity index (χ0n) is 13.9. The highest BCUT2D eigenvalue weighted by Gasteiger charge is 2.27. The molecule has 2 aliphatic rings. The highest BCUT2D eigenvalue weighted by atomic mass is 16.5. The summed E-state index contributed by atoms with van der Waals surface area (Å²) in [5.41, 5.74) is 2.70. The molecule has 0 radical (unpaired) electrons. The van der Waals surface area contributed by atoms with Gasteiger partial charge in [0.2, 0.25) is 0 Å². The number of nitrogens with zero attached hydrogens (tertiary/aromatic N) is 1. The first kappa shape index (κ1) is 15.6. The van der Waals surface area contributed by atoms with E-state index in [1.165, 1.54) is 50.0 Å². The van der Waals surface area contributed by atoms with Gasteiger partial charge >= 0.3 is 0 Å². The predicted molar refractivity (Wildman–Crippen MR) is 88.9 cm³/mol. The largest absolute Gasteiger partial charge is 0.493 e. The van der Waals surface area contributed by atoms with Gasteiger partial charge in [-0.15, -0.1) is 0 Å². The van der Waals surface area contributed by atoms with Crippen LogP contribution in [0.15, 0.2) is 12.1 Å². The van der Waals surface area contributed by atoms with E-state index in [4.69, 9.17) is 9.47 Å². The minimum atomic E-state index is 0.458. The molecule has 122 valence electrons. The van der Waals surface area contributed by atoms with Gasteiger partial charge in [-0.05, 0) is 50.4 Å². The SMILES string of the molecule is COc1ccc2c(c1OC)CCC2NCCN1CCCCC1. The van der Waals surface area contributed by atoms with E-state index in [1.54, 1.807) is 14.2 Å². The van der Waals surface area contributed by atoms with Gasteiger partial charge in [-0.3, -0.25) is 0 Å². The van der Waals surface area contributed by atoms with Crippen LogP contribution < -0.4 is 14.8 Å². The van der Waals surface area contributed by atoms with Crippen molar-refractivity contribution in [2.24, 2.45) is 0 Å². The van der Waals surface area contributed by atoms with Crippen molar-refractivity contribution in [2.45, 2.75) is 38.1 Å². The van der Waals surface area contributed by atoms with Gasteiger partial charge in [-0.25, -0.2) is 0 Å². The van der Waals surface area contributed by atoms with Crippen LogP contribution >= 0.6 is 0 Å². The quantitative estimate of drug-likeness (QED) is 0.876. The van der Waals surface area contributed by atoms with E-state index in [9.17, 15) is 0 Å². The maximum atomic E-state index is 5.57. The van der Waals surface area contributed by atoms with E-state index in [0.29, 0.717) is 6.04 Å². The van der Waals surface area contributed by atoms with E-state index < -0.39 is 0 Å². The maximum Gasteiger partial charge on any atom is 0.164 e. The van der Waals surface area contributed by atoms with Gasteiger partial charge in [-0.2, -0.15) is 0 Å². The van der Waals surface area contributed by atoms with Crippen LogP contribution in [0, 0.1) is 0 Å². The Hall–Kier alpha value is -1.26. The number of benzene rings is 1. The molecule has 1 aliphatic carbocycles. The van der Waals surface area contributed by atoms with E-state index in [0.717, 1.165) is 30.9 Å². The lowest BCUT2D eigenvalue weighted by atomic mass is 10.1. The highest BCUT2D eigenvalue weighted by Crippen LogP contribution is 2.42. The number of piperidine rings is 1. The fraction of sp³-hybridized carbons (Fsp3) is 0.667. The fourth-order valence-corrected chi connectivity index (χ4v) is 3.83. The number of rotatable bonds is 6. The molecule has 1 unspecified atom stereocenters. The molecule has 1 aromatic carbocycles. The summed E-state index contributed by atoms with van der Waals surface area (Å²) < 4.78 is 11.0. The molecule has 0 saturated carbocycles. The normalized spacial score (nSPS) is 21.6. The lowest BCUT2D eigenvalue weighted by Crippen LogP contribution is -2.36. The molecule has 1 aromatic rings. The second-order valence-electron chi connectivity index (χ2n) is 6.32. The monoisotopic (exact) mass is 304 g/mol. The average molecular weight is 304 g/mol. The average Bonchev–Trinajstić information content (AvgIpc) is 2.98. The third-order valence-electron chi connectivity index (χ3n) is 5.01. The van der Waals surface area contributed by atoms with E-state index in [-0.39, 0.29) is 0 Å². The molecule has 0 amide bonds. The number of methoxy groups -OCH3 is 2. The molecule has 1 fully saturated rings. The maximum absolute atomic E-state index is 5.57. The van der Waals surface area contributed by atoms with Crippen LogP contribution in [0.25, 0.3) is 0 Å². The Labute approximate surface area is 133 Å². The number of hydrogen-bond donors (Lipinski definition) is 1. The molecule has 0 spiro atoms. The lowest BCUT2D eigenvalue weighted by molar-refractivity contribution is 0.226. The lowest BCUT2D eigenvalue weighted by Gasteiger charge is -2.27. The zero-order valence-corrected chi connectivity index (χ0v) is 13.9. The van der Waals surface area contributed by atoms with Crippen molar-refractivity contribution in [2.75, 3.05) is 40.4 Å². The summed E-state index contributed by atoms with van der Waals surface area (Å²) in [6.45, 7) is 4.78. The highest BCUT2D eigenvalue weighted by molar-refractivity contribution is 5.53. The van der Waals surface area contributed by atoms with Gasteiger partial charge in [0.15, 0.2) is 11.5 Å². The Balaban J connectivity index is 1.59. The second kappa shape index (κ2) is 7.34. The van der Waals surface area contributed by atoms with Gasteiger partial charge < -0.3 is 19.7 Å². The molecular weight excluding hydrogens is 276 g/mol. The number of fused-ring (bicyclic) bond motifs is 1. The van der Waals surface area contributed by atoms with Crippen molar-refractivity contribution >= 4 is 0 Å². The molecule has 1 saturated heterocycles. The summed E-state index contributed by atoms with van der Waals surface area (Å²) in [5, 5.41) is 3.74. The summed E-state index contributed by atoms with van der Waals surface area (Å²) >= 11 is 0. The Morgan fingerprint density at radius 1 is 1.14 bits per heavy atom. The van der Waals surface area contributed by atoms with Crippen LogP contribution in [0.3, 0.4) is 0 Å². The molecule has 1 aliphatic heterocycles. The van der Waals surface area contributed by atoms with Crippen LogP contribution in [-0.4, -0.2) is 45.3 Å². The number of hydrogen-bond acceptors (Lipinski definition) is 4. The summed E-state index contributed by atoms with van der Waals surface area (Å²) in [5.74, 6) is 1.76. The van der Waals surface area contributed by atoms with E-state index >= 15 is 0 Å². The van der Waals surface area contributed by atoms with Gasteiger partial charge in [0, 0.05) is 24.7 Å². The fourth-order valence-electron chi connectivity index (χ4n) is 3.83. The summed E-state index contributed by atoms with van der Waals surface area (Å²) in [6, 6.07) is 4.68. The molecule has 4 nitrogen and oxygen atoms in total. The van der Waals surface area contributed by atoms with Crippen molar-refractivity contribution in [3.8, 4) is 11.5 Å². The molecule has 0 bridgehead atoms. The smallest absolute Gasteiger partial charge is 0.164 e. The Kier molecular flexibility index (Phi) is 5.21. The van der Waals surface area contributed by atoms with Gasteiger partial charge in [-0.1, -0.05) is 12.5 Å². The van der Waals surface area contributed by atoms with Crippen molar-refractivity contribution in [3.05, 3.63) is 23.3 Å². The summed E-state index contributed by atoms with van der Waals surface area (Å²) in [4.78, 5) is 2.58. The number of ether oxygens (including phenoxy) is 2. The predicted octanol–water partition coefficient (Wildman–Crippen LogP) is 2.77. The van der Waals surface area contributed by atoms with Crippen LogP contribution in [0.1, 0.15) is 42.9 Å². The molecular formula is C18H28N2O2. The third kappa shape index (κ3) is 3.23. The minimum absolute atomic E-state index is 0.458. The number of nitrogens with one attached hydrogen (secondary N) is 1. The zero-order chi connectivity index (χ0) is 15.4. The molecule has 4 heteroatoms. The van der Waals surface area contributed by atoms with Crippen molar-refractivity contribution in [1.82, 2.24) is 10.2 Å². The van der Waals surface area contributed by atoms with Crippen LogP contribution in [0.4, 0.5) is 0 Å². The van der Waals surface area contributed by atoms with Crippen LogP contribution in [-0.2, 0) is 6.42 Å². The molecule has 22 heavy (non-hydrogen) atoms. The van der Waals surface area contributed by atoms with Crippen molar-refractivity contribution in [1.29, 1.82) is 0 Å². The standard InChI is InChI=1S/C18H28N2O2/c1-21-17-9-7-14-15(18(17)22-2)6-8-16(14)19-10-13-20-11-4-3-5-12-20/h7,9,16,19H,3-6,8,10-13H2,1-2H3. The van der Waals surface area contributed by atoms with Gasteiger partial charge in [0.25, 0.3) is 0 Å². The first-order chi connectivity index (χ1) is 10.8. The topological polar surface area (TPSA) is 33.7 Å². The van der Waals surface area contributed by atoms with E-state index in [2.05, 4.69) is 16.3 Å². The van der Waals surface area contributed by atoms with Gasteiger partial charge in [0.1, 0.15) is 0 Å². The van der Waals surface area contributed by atoms with Crippen molar-refractivity contribution in [3.63, 3.8) is 0 Å². The molecule has 0 aromatic heterocycles. The molecule has 3 rings (SSSR count). The summed E-state index contributed by atoms with van der Waals surface area (Å²) in [7, 11) is 3.43. The minimum Gasteiger partial charge on any atom is -0.493 e. The van der Waals surface area contributed by atoms with Crippen LogP contribution in [0.5, 0.6) is 11.5 Å². The Morgan fingerprint density at radius 2 is 1.95 bits per heavy atom. The molecule has 1 N–H and O–H groups in total. The molecule has 1 heterocycles. The molecule has 1 atom stereocenters. The van der Waals surface area contributed by atoms with Gasteiger partial charge in [0.05, 0.1) is 14.2 Å². The first-order valence-electron chi connectivity index (χ1n) is 8.53. The van der Waals surface area contributed by atoms with Crippen LogP contribution in [0.2, 0.25) is 0 Å². The first-order valence-corrected chi connectivity index (χ1v) is 8.53. The Bertz CT molecular complexity index is 498. The Morgan fingerprint density at radius 3 is 2.68 bits per heavy atom. The summed E-state index contributed by atoms with van der Waals surface area (Å²) in [6.07, 6.45) is 6.35. The second-order valence-corrected chi connectivity index (χ2v) is 6.32. The van der Waals surface area contributed by atoms with Crippen molar-refractivity contribution < 1.29 is 9.47 Å². The van der Waals surface area contributed by atoms with E-state index in [1.807, 2.05) is 6.07 Å².